The van der Waals surface area contributed by atoms with Crippen LogP contribution in [0, 0.1) is 6.92 Å². The Bertz CT molecular complexity index is 939. The number of rotatable bonds is 5. The van der Waals surface area contributed by atoms with Crippen LogP contribution in [0.25, 0.3) is 10.7 Å². The molecule has 2 aromatic heterocycles. The summed E-state index contributed by atoms with van der Waals surface area (Å²) in [5.41, 5.74) is 0.985. The van der Waals surface area contributed by atoms with Crippen molar-refractivity contribution in [1.82, 2.24) is 15.0 Å². The standard InChI is InChI=1S/C15H14N4O2S3/c1-10-5-7-11(8-6-10)24(20,21)19-14-16-13(12-4-3-9-23-12)17-15(18-14)22-2/h3-9H,1-2H3,(H,16,17,18,19). The molecule has 0 bridgehead atoms. The summed E-state index contributed by atoms with van der Waals surface area (Å²) in [6.45, 7) is 1.90. The molecule has 0 atom stereocenters. The summed E-state index contributed by atoms with van der Waals surface area (Å²) >= 11 is 2.81. The summed E-state index contributed by atoms with van der Waals surface area (Å²) in [7, 11) is -3.75. The summed E-state index contributed by atoms with van der Waals surface area (Å²) in [4.78, 5) is 13.7. The number of anilines is 1. The zero-order valence-electron chi connectivity index (χ0n) is 12.9. The minimum absolute atomic E-state index is 0.0123. The number of nitrogens with one attached hydrogen (secondary N) is 1. The number of aryl methyl sites for hydroxylation is 1. The summed E-state index contributed by atoms with van der Waals surface area (Å²) in [5.74, 6) is 0.462. The van der Waals surface area contributed by atoms with Gasteiger partial charge >= 0.3 is 0 Å². The maximum Gasteiger partial charge on any atom is 0.264 e. The molecule has 0 saturated carbocycles. The number of hydrogen-bond acceptors (Lipinski definition) is 7. The third kappa shape index (κ3) is 3.74. The lowest BCUT2D eigenvalue weighted by Gasteiger charge is -2.08. The van der Waals surface area contributed by atoms with E-state index >= 15 is 0 Å². The first kappa shape index (κ1) is 16.9. The van der Waals surface area contributed by atoms with Crippen molar-refractivity contribution in [3.8, 4) is 10.7 Å². The van der Waals surface area contributed by atoms with Crippen LogP contribution in [0.3, 0.4) is 0 Å². The van der Waals surface area contributed by atoms with Crippen molar-refractivity contribution in [2.24, 2.45) is 0 Å². The van der Waals surface area contributed by atoms with E-state index in [1.807, 2.05) is 30.7 Å². The Morgan fingerprint density at radius 1 is 1.08 bits per heavy atom. The van der Waals surface area contributed by atoms with Gasteiger partial charge in [0.25, 0.3) is 10.0 Å². The smallest absolute Gasteiger partial charge is 0.247 e. The van der Waals surface area contributed by atoms with Gasteiger partial charge in [0.05, 0.1) is 9.77 Å². The second-order valence-electron chi connectivity index (χ2n) is 4.87. The van der Waals surface area contributed by atoms with E-state index in [-0.39, 0.29) is 10.8 Å². The van der Waals surface area contributed by atoms with Gasteiger partial charge in [-0.3, -0.25) is 0 Å². The van der Waals surface area contributed by atoms with Crippen LogP contribution in [-0.4, -0.2) is 29.6 Å². The largest absolute Gasteiger partial charge is 0.264 e. The van der Waals surface area contributed by atoms with E-state index in [0.29, 0.717) is 11.0 Å². The average Bonchev–Trinajstić information content (AvgIpc) is 3.09. The van der Waals surface area contributed by atoms with Gasteiger partial charge in [0.2, 0.25) is 5.95 Å². The van der Waals surface area contributed by atoms with Crippen molar-refractivity contribution in [1.29, 1.82) is 0 Å². The van der Waals surface area contributed by atoms with Crippen molar-refractivity contribution < 1.29 is 8.42 Å². The average molecular weight is 379 g/mol. The highest BCUT2D eigenvalue weighted by Crippen LogP contribution is 2.24. The van der Waals surface area contributed by atoms with E-state index in [4.69, 9.17) is 0 Å². The lowest BCUT2D eigenvalue weighted by atomic mass is 10.2. The van der Waals surface area contributed by atoms with Crippen LogP contribution >= 0.6 is 23.1 Å². The van der Waals surface area contributed by atoms with Crippen LogP contribution in [0.1, 0.15) is 5.56 Å². The molecule has 124 valence electrons. The zero-order valence-corrected chi connectivity index (χ0v) is 15.4. The van der Waals surface area contributed by atoms with Crippen molar-refractivity contribution in [3.63, 3.8) is 0 Å². The van der Waals surface area contributed by atoms with Gasteiger partial charge in [-0.2, -0.15) is 9.97 Å². The molecule has 1 N–H and O–H groups in total. The molecule has 2 heterocycles. The van der Waals surface area contributed by atoms with E-state index < -0.39 is 10.0 Å². The molecule has 0 unspecified atom stereocenters. The fourth-order valence-electron chi connectivity index (χ4n) is 1.91. The predicted octanol–water partition coefficient (Wildman–Crippen LogP) is 3.43. The van der Waals surface area contributed by atoms with Gasteiger partial charge in [-0.1, -0.05) is 35.5 Å². The van der Waals surface area contributed by atoms with Crippen molar-refractivity contribution in [3.05, 3.63) is 47.3 Å². The molecule has 0 aliphatic heterocycles. The summed E-state index contributed by atoms with van der Waals surface area (Å²) in [6, 6.07) is 10.4. The molecule has 1 aromatic carbocycles. The molecule has 3 aromatic rings. The quantitative estimate of drug-likeness (QED) is 0.685. The van der Waals surface area contributed by atoms with E-state index in [9.17, 15) is 8.42 Å². The monoisotopic (exact) mass is 378 g/mol. The normalized spacial score (nSPS) is 11.4. The Balaban J connectivity index is 1.97. The Hall–Kier alpha value is -1.97. The van der Waals surface area contributed by atoms with Gasteiger partial charge in [0.15, 0.2) is 11.0 Å². The fraction of sp³-hybridized carbons (Fsp3) is 0.133. The molecule has 0 radical (unpaired) electrons. The van der Waals surface area contributed by atoms with Crippen molar-refractivity contribution in [2.45, 2.75) is 17.0 Å². The number of hydrogen-bond donors (Lipinski definition) is 1. The Labute approximate surface area is 148 Å². The molecular formula is C15H14N4O2S3. The molecule has 3 rings (SSSR count). The van der Waals surface area contributed by atoms with Crippen molar-refractivity contribution in [2.75, 3.05) is 11.0 Å². The van der Waals surface area contributed by atoms with Crippen LogP contribution in [0.2, 0.25) is 0 Å². The highest BCUT2D eigenvalue weighted by molar-refractivity contribution is 7.98. The van der Waals surface area contributed by atoms with E-state index in [2.05, 4.69) is 19.7 Å². The minimum atomic E-state index is -3.75. The molecule has 24 heavy (non-hydrogen) atoms. The Kier molecular flexibility index (Phi) is 4.83. The number of benzene rings is 1. The molecule has 0 amide bonds. The molecule has 0 spiro atoms. The number of aromatic nitrogens is 3. The lowest BCUT2D eigenvalue weighted by Crippen LogP contribution is -2.16. The van der Waals surface area contributed by atoms with Gasteiger partial charge in [0.1, 0.15) is 0 Å². The lowest BCUT2D eigenvalue weighted by molar-refractivity contribution is 0.600. The molecule has 0 aliphatic rings. The Morgan fingerprint density at radius 2 is 1.83 bits per heavy atom. The highest BCUT2D eigenvalue weighted by atomic mass is 32.2. The molecule has 9 heteroatoms. The molecule has 0 fully saturated rings. The van der Waals surface area contributed by atoms with Crippen LogP contribution in [0.5, 0.6) is 0 Å². The third-order valence-corrected chi connectivity index (χ3v) is 5.85. The zero-order chi connectivity index (χ0) is 17.2. The number of thiophene rings is 1. The summed E-state index contributed by atoms with van der Waals surface area (Å²) < 4.78 is 27.4. The van der Waals surface area contributed by atoms with Gasteiger partial charge in [-0.25, -0.2) is 18.1 Å². The summed E-state index contributed by atoms with van der Waals surface area (Å²) in [5, 5.41) is 2.36. The van der Waals surface area contributed by atoms with Gasteiger partial charge in [-0.15, -0.1) is 11.3 Å². The minimum Gasteiger partial charge on any atom is -0.247 e. The molecule has 0 saturated heterocycles. The second-order valence-corrected chi connectivity index (χ2v) is 8.27. The molecule has 0 aliphatic carbocycles. The first-order chi connectivity index (χ1) is 11.5. The topological polar surface area (TPSA) is 84.8 Å². The number of sulfonamides is 1. The SMILES string of the molecule is CSc1nc(NS(=O)(=O)c2ccc(C)cc2)nc(-c2cccs2)n1. The number of nitrogens with zero attached hydrogens (tertiary/aromatic N) is 3. The van der Waals surface area contributed by atoms with Crippen LogP contribution in [-0.2, 0) is 10.0 Å². The van der Waals surface area contributed by atoms with Crippen molar-refractivity contribution >= 4 is 39.1 Å². The van der Waals surface area contributed by atoms with E-state index in [1.165, 1.54) is 23.1 Å². The molecular weight excluding hydrogens is 364 g/mol. The maximum absolute atomic E-state index is 12.5. The number of thioether (sulfide) groups is 1. The second kappa shape index (κ2) is 6.88. The molecule has 6 nitrogen and oxygen atoms in total. The highest BCUT2D eigenvalue weighted by Gasteiger charge is 2.17. The van der Waals surface area contributed by atoms with Crippen LogP contribution in [0.4, 0.5) is 5.95 Å². The maximum atomic E-state index is 12.5. The van der Waals surface area contributed by atoms with Gasteiger partial charge in [0, 0.05) is 0 Å². The van der Waals surface area contributed by atoms with Crippen LogP contribution < -0.4 is 4.72 Å². The van der Waals surface area contributed by atoms with Gasteiger partial charge < -0.3 is 0 Å². The van der Waals surface area contributed by atoms with E-state index in [1.54, 1.807) is 24.3 Å². The van der Waals surface area contributed by atoms with Crippen LogP contribution in [0.15, 0.2) is 51.8 Å². The van der Waals surface area contributed by atoms with E-state index in [0.717, 1.165) is 10.4 Å². The Morgan fingerprint density at radius 3 is 2.46 bits per heavy atom. The third-order valence-electron chi connectivity index (χ3n) is 3.10. The first-order valence-corrected chi connectivity index (χ1v) is 10.5. The summed E-state index contributed by atoms with van der Waals surface area (Å²) in [6.07, 6.45) is 1.83. The van der Waals surface area contributed by atoms with Gasteiger partial charge in [-0.05, 0) is 36.8 Å². The fourth-order valence-corrected chi connectivity index (χ4v) is 3.86. The first-order valence-electron chi connectivity index (χ1n) is 6.91. The predicted molar refractivity (Wildman–Crippen MR) is 96.9 cm³/mol.